The second kappa shape index (κ2) is 8.25. The SMILES string of the molecule is C=CC[C@@H](c1ccc(OC)cc1F)N1CCNCC1.Cl. The zero-order chi connectivity index (χ0) is 13.7. The van der Waals surface area contributed by atoms with Crippen molar-refractivity contribution < 1.29 is 9.13 Å². The zero-order valence-corrected chi connectivity index (χ0v) is 12.6. The molecule has 1 aromatic carbocycles. The van der Waals surface area contributed by atoms with Gasteiger partial charge in [0.25, 0.3) is 0 Å². The van der Waals surface area contributed by atoms with Gasteiger partial charge < -0.3 is 10.1 Å². The maximum atomic E-state index is 14.2. The van der Waals surface area contributed by atoms with Crippen molar-refractivity contribution in [2.75, 3.05) is 33.3 Å². The molecule has 20 heavy (non-hydrogen) atoms. The van der Waals surface area contributed by atoms with E-state index >= 15 is 0 Å². The van der Waals surface area contributed by atoms with Crippen LogP contribution >= 0.6 is 12.4 Å². The van der Waals surface area contributed by atoms with Gasteiger partial charge in [-0.3, -0.25) is 4.90 Å². The normalized spacial score (nSPS) is 17.1. The monoisotopic (exact) mass is 300 g/mol. The summed E-state index contributed by atoms with van der Waals surface area (Å²) in [4.78, 5) is 2.31. The van der Waals surface area contributed by atoms with Crippen molar-refractivity contribution in [3.63, 3.8) is 0 Å². The van der Waals surface area contributed by atoms with E-state index in [0.717, 1.165) is 38.2 Å². The largest absolute Gasteiger partial charge is 0.497 e. The first-order chi connectivity index (χ1) is 9.26. The lowest BCUT2D eigenvalue weighted by atomic mass is 10.0. The molecule has 1 fully saturated rings. The Kier molecular flexibility index (Phi) is 6.99. The van der Waals surface area contributed by atoms with E-state index in [1.807, 2.05) is 18.2 Å². The van der Waals surface area contributed by atoms with Gasteiger partial charge in [0.15, 0.2) is 0 Å². The van der Waals surface area contributed by atoms with Crippen molar-refractivity contribution in [2.45, 2.75) is 12.5 Å². The molecule has 2 rings (SSSR count). The molecule has 3 nitrogen and oxygen atoms in total. The number of hydrogen-bond acceptors (Lipinski definition) is 3. The first-order valence-electron chi connectivity index (χ1n) is 6.65. The predicted octanol–water partition coefficient (Wildman–Crippen LogP) is 2.78. The van der Waals surface area contributed by atoms with Crippen LogP contribution in [0, 0.1) is 5.82 Å². The molecule has 0 radical (unpaired) electrons. The van der Waals surface area contributed by atoms with Crippen LogP contribution in [-0.2, 0) is 0 Å². The highest BCUT2D eigenvalue weighted by molar-refractivity contribution is 5.85. The van der Waals surface area contributed by atoms with Gasteiger partial charge in [0.05, 0.1) is 7.11 Å². The number of methoxy groups -OCH3 is 1. The summed E-state index contributed by atoms with van der Waals surface area (Å²) < 4.78 is 19.3. The lowest BCUT2D eigenvalue weighted by molar-refractivity contribution is 0.171. The van der Waals surface area contributed by atoms with Gasteiger partial charge in [-0.1, -0.05) is 12.1 Å². The van der Waals surface area contributed by atoms with Crippen LogP contribution in [0.3, 0.4) is 0 Å². The molecule has 1 aliphatic rings. The fourth-order valence-corrected chi connectivity index (χ4v) is 2.53. The maximum absolute atomic E-state index is 14.2. The van der Waals surface area contributed by atoms with Crippen LogP contribution in [0.4, 0.5) is 4.39 Å². The van der Waals surface area contributed by atoms with Gasteiger partial charge in [-0.05, 0) is 12.5 Å². The zero-order valence-electron chi connectivity index (χ0n) is 11.8. The molecule has 0 aliphatic carbocycles. The Morgan fingerprint density at radius 2 is 2.15 bits per heavy atom. The van der Waals surface area contributed by atoms with Crippen LogP contribution in [-0.4, -0.2) is 38.2 Å². The predicted molar refractivity (Wildman–Crippen MR) is 82.2 cm³/mol. The highest BCUT2D eigenvalue weighted by Gasteiger charge is 2.23. The van der Waals surface area contributed by atoms with Crippen molar-refractivity contribution >= 4 is 12.4 Å². The summed E-state index contributed by atoms with van der Waals surface area (Å²) in [5, 5.41) is 3.31. The molecule has 1 N–H and O–H groups in total. The number of ether oxygens (including phenoxy) is 1. The van der Waals surface area contributed by atoms with Crippen molar-refractivity contribution in [2.24, 2.45) is 0 Å². The molecule has 1 atom stereocenters. The summed E-state index contributed by atoms with van der Waals surface area (Å²) in [6.07, 6.45) is 2.61. The maximum Gasteiger partial charge on any atom is 0.131 e. The quantitative estimate of drug-likeness (QED) is 0.846. The number of hydrogen-bond donors (Lipinski definition) is 1. The average Bonchev–Trinajstić information content (AvgIpc) is 2.46. The summed E-state index contributed by atoms with van der Waals surface area (Å²) in [7, 11) is 1.55. The molecule has 0 unspecified atom stereocenters. The van der Waals surface area contributed by atoms with Crippen LogP contribution in [0.5, 0.6) is 5.75 Å². The van der Waals surface area contributed by atoms with Gasteiger partial charge in [0.2, 0.25) is 0 Å². The Morgan fingerprint density at radius 3 is 2.70 bits per heavy atom. The van der Waals surface area contributed by atoms with Gasteiger partial charge in [-0.15, -0.1) is 19.0 Å². The third-order valence-electron chi connectivity index (χ3n) is 3.55. The molecule has 0 saturated carbocycles. The Bertz CT molecular complexity index is 436. The van der Waals surface area contributed by atoms with Crippen molar-refractivity contribution in [3.05, 3.63) is 42.2 Å². The van der Waals surface area contributed by atoms with Crippen LogP contribution in [0.2, 0.25) is 0 Å². The molecule has 0 spiro atoms. The number of nitrogens with one attached hydrogen (secondary N) is 1. The van der Waals surface area contributed by atoms with E-state index in [2.05, 4.69) is 16.8 Å². The van der Waals surface area contributed by atoms with E-state index in [1.165, 1.54) is 6.07 Å². The number of benzene rings is 1. The van der Waals surface area contributed by atoms with Crippen LogP contribution < -0.4 is 10.1 Å². The molecule has 0 bridgehead atoms. The highest BCUT2D eigenvalue weighted by Crippen LogP contribution is 2.29. The second-order valence-corrected chi connectivity index (χ2v) is 4.71. The van der Waals surface area contributed by atoms with E-state index < -0.39 is 0 Å². The number of rotatable bonds is 5. The second-order valence-electron chi connectivity index (χ2n) is 4.71. The topological polar surface area (TPSA) is 24.5 Å². The molecular weight excluding hydrogens is 279 g/mol. The fraction of sp³-hybridized carbons (Fsp3) is 0.467. The summed E-state index contributed by atoms with van der Waals surface area (Å²) in [6, 6.07) is 5.15. The molecule has 1 aliphatic heterocycles. The van der Waals surface area contributed by atoms with Gasteiger partial charge >= 0.3 is 0 Å². The van der Waals surface area contributed by atoms with Crippen molar-refractivity contribution in [1.29, 1.82) is 0 Å². The van der Waals surface area contributed by atoms with Gasteiger partial charge in [0, 0.05) is 43.9 Å². The lowest BCUT2D eigenvalue weighted by Gasteiger charge is -2.35. The minimum absolute atomic E-state index is 0. The molecule has 1 saturated heterocycles. The Balaban J connectivity index is 0.00000200. The molecule has 112 valence electrons. The van der Waals surface area contributed by atoms with E-state index in [1.54, 1.807) is 7.11 Å². The van der Waals surface area contributed by atoms with Crippen molar-refractivity contribution in [3.8, 4) is 5.75 Å². The van der Waals surface area contributed by atoms with Gasteiger partial charge in [-0.2, -0.15) is 0 Å². The molecule has 0 aromatic heterocycles. The minimum atomic E-state index is -0.204. The molecular formula is C15H22ClFN2O. The standard InChI is InChI=1S/C15H21FN2O.ClH/c1-3-4-15(18-9-7-17-8-10-18)13-6-5-12(19-2)11-14(13)16;/h3,5-6,11,15,17H,1,4,7-10H2,2H3;1H/t15-;/m0./s1. The summed E-state index contributed by atoms with van der Waals surface area (Å²) in [5.74, 6) is 0.351. The van der Waals surface area contributed by atoms with Crippen LogP contribution in [0.25, 0.3) is 0 Å². The minimum Gasteiger partial charge on any atom is -0.497 e. The van der Waals surface area contributed by atoms with Gasteiger partial charge in [0.1, 0.15) is 11.6 Å². The first-order valence-corrected chi connectivity index (χ1v) is 6.65. The Labute approximate surface area is 126 Å². The first kappa shape index (κ1) is 17.0. The van der Waals surface area contributed by atoms with Crippen LogP contribution in [0.1, 0.15) is 18.0 Å². The Hall–Kier alpha value is -1.10. The van der Waals surface area contributed by atoms with Gasteiger partial charge in [-0.25, -0.2) is 4.39 Å². The number of piperazine rings is 1. The Morgan fingerprint density at radius 1 is 1.45 bits per heavy atom. The lowest BCUT2D eigenvalue weighted by Crippen LogP contribution is -2.45. The highest BCUT2D eigenvalue weighted by atomic mass is 35.5. The average molecular weight is 301 g/mol. The van der Waals surface area contributed by atoms with E-state index in [4.69, 9.17) is 4.74 Å². The third-order valence-corrected chi connectivity index (χ3v) is 3.55. The van der Waals surface area contributed by atoms with E-state index in [-0.39, 0.29) is 24.3 Å². The third kappa shape index (κ3) is 3.95. The summed E-state index contributed by atoms with van der Waals surface area (Å²) in [5.41, 5.74) is 0.725. The molecule has 1 aromatic rings. The molecule has 5 heteroatoms. The van der Waals surface area contributed by atoms with E-state index in [0.29, 0.717) is 5.75 Å². The summed E-state index contributed by atoms with van der Waals surface area (Å²) in [6.45, 7) is 7.56. The molecule has 0 amide bonds. The van der Waals surface area contributed by atoms with Crippen LogP contribution in [0.15, 0.2) is 30.9 Å². The van der Waals surface area contributed by atoms with E-state index in [9.17, 15) is 4.39 Å². The number of halogens is 2. The summed E-state index contributed by atoms with van der Waals surface area (Å²) >= 11 is 0. The number of nitrogens with zero attached hydrogens (tertiary/aromatic N) is 1. The smallest absolute Gasteiger partial charge is 0.131 e. The van der Waals surface area contributed by atoms with Crippen molar-refractivity contribution in [1.82, 2.24) is 10.2 Å². The fourth-order valence-electron chi connectivity index (χ4n) is 2.53. The molecule has 1 heterocycles.